The fraction of sp³-hybridized carbons (Fsp3) is 0.250. The van der Waals surface area contributed by atoms with Gasteiger partial charge >= 0.3 is 6.18 Å². The van der Waals surface area contributed by atoms with Crippen LogP contribution in [-0.4, -0.2) is 22.1 Å². The second-order valence-electron chi connectivity index (χ2n) is 3.94. The van der Waals surface area contributed by atoms with Gasteiger partial charge in [0, 0.05) is 6.20 Å². The summed E-state index contributed by atoms with van der Waals surface area (Å²) in [5, 5.41) is -0.721. The van der Waals surface area contributed by atoms with Crippen molar-refractivity contribution >= 4 is 11.6 Å². The standard InChI is InChI=1S/C12H9ClF3N3O/c1-6-3-4-7(17-5-6)10-18-9(13)8(12(14,15)16)11(19-10)20-2/h3-5H,1-2H3. The summed E-state index contributed by atoms with van der Waals surface area (Å²) in [6, 6.07) is 3.33. The summed E-state index contributed by atoms with van der Waals surface area (Å²) in [6.45, 7) is 1.83. The van der Waals surface area contributed by atoms with E-state index in [0.717, 1.165) is 12.7 Å². The van der Waals surface area contributed by atoms with Gasteiger partial charge in [-0.25, -0.2) is 4.98 Å². The summed E-state index contributed by atoms with van der Waals surface area (Å²) in [7, 11) is 1.08. The van der Waals surface area contributed by atoms with Crippen LogP contribution in [-0.2, 0) is 6.18 Å². The first-order valence-electron chi connectivity index (χ1n) is 5.44. The van der Waals surface area contributed by atoms with Crippen molar-refractivity contribution in [2.24, 2.45) is 0 Å². The molecule has 8 heteroatoms. The molecule has 0 aliphatic heterocycles. The van der Waals surface area contributed by atoms with Crippen molar-refractivity contribution in [1.29, 1.82) is 0 Å². The van der Waals surface area contributed by atoms with Crippen LogP contribution in [0.2, 0.25) is 5.15 Å². The lowest BCUT2D eigenvalue weighted by Crippen LogP contribution is -2.12. The highest BCUT2D eigenvalue weighted by Crippen LogP contribution is 2.39. The van der Waals surface area contributed by atoms with Crippen molar-refractivity contribution in [1.82, 2.24) is 15.0 Å². The molecule has 20 heavy (non-hydrogen) atoms. The lowest BCUT2D eigenvalue weighted by atomic mass is 10.2. The Morgan fingerprint density at radius 2 is 1.90 bits per heavy atom. The summed E-state index contributed by atoms with van der Waals surface area (Å²) >= 11 is 5.60. The maximum absolute atomic E-state index is 12.8. The minimum atomic E-state index is -4.69. The Morgan fingerprint density at radius 1 is 1.20 bits per heavy atom. The molecular formula is C12H9ClF3N3O. The van der Waals surface area contributed by atoms with Gasteiger partial charge in [0.2, 0.25) is 5.88 Å². The average molecular weight is 304 g/mol. The Morgan fingerprint density at radius 3 is 2.40 bits per heavy atom. The molecule has 106 valence electrons. The van der Waals surface area contributed by atoms with E-state index in [-0.39, 0.29) is 5.82 Å². The molecule has 0 saturated carbocycles. The molecule has 4 nitrogen and oxygen atoms in total. The molecule has 2 rings (SSSR count). The largest absolute Gasteiger partial charge is 0.480 e. The first kappa shape index (κ1) is 14.5. The van der Waals surface area contributed by atoms with Crippen LogP contribution in [0.25, 0.3) is 11.5 Å². The fourth-order valence-corrected chi connectivity index (χ4v) is 1.78. The summed E-state index contributed by atoms with van der Waals surface area (Å²) in [6.07, 6.45) is -3.14. The van der Waals surface area contributed by atoms with Crippen molar-refractivity contribution in [3.8, 4) is 17.4 Å². The van der Waals surface area contributed by atoms with Crippen LogP contribution < -0.4 is 4.74 Å². The normalized spacial score (nSPS) is 11.5. The number of aryl methyl sites for hydroxylation is 1. The molecular weight excluding hydrogens is 295 g/mol. The number of nitrogens with zero attached hydrogens (tertiary/aromatic N) is 3. The highest BCUT2D eigenvalue weighted by Gasteiger charge is 2.39. The van der Waals surface area contributed by atoms with E-state index in [1.54, 1.807) is 18.3 Å². The van der Waals surface area contributed by atoms with Crippen LogP contribution in [0, 0.1) is 6.92 Å². The SMILES string of the molecule is COc1nc(-c2ccc(C)cn2)nc(Cl)c1C(F)(F)F. The van der Waals surface area contributed by atoms with Crippen molar-refractivity contribution in [3.05, 3.63) is 34.6 Å². The highest BCUT2D eigenvalue weighted by molar-refractivity contribution is 6.30. The zero-order valence-corrected chi connectivity index (χ0v) is 11.2. The quantitative estimate of drug-likeness (QED) is 0.796. The van der Waals surface area contributed by atoms with Crippen molar-refractivity contribution in [3.63, 3.8) is 0 Å². The summed E-state index contributed by atoms with van der Waals surface area (Å²) < 4.78 is 43.1. The Hall–Kier alpha value is -1.89. The van der Waals surface area contributed by atoms with Gasteiger partial charge in [0.25, 0.3) is 0 Å². The van der Waals surface area contributed by atoms with E-state index >= 15 is 0 Å². The molecule has 0 bridgehead atoms. The third-order valence-electron chi connectivity index (χ3n) is 2.45. The third-order valence-corrected chi connectivity index (χ3v) is 2.72. The summed E-state index contributed by atoms with van der Waals surface area (Å²) in [5.74, 6) is -0.658. The van der Waals surface area contributed by atoms with E-state index in [0.29, 0.717) is 5.69 Å². The first-order chi connectivity index (χ1) is 9.32. The van der Waals surface area contributed by atoms with Gasteiger partial charge in [0.1, 0.15) is 10.8 Å². The number of pyridine rings is 1. The van der Waals surface area contributed by atoms with Crippen molar-refractivity contribution in [2.75, 3.05) is 7.11 Å². The number of hydrogen-bond donors (Lipinski definition) is 0. The van der Waals surface area contributed by atoms with Crippen LogP contribution in [0.15, 0.2) is 18.3 Å². The van der Waals surface area contributed by atoms with E-state index in [9.17, 15) is 13.2 Å². The van der Waals surface area contributed by atoms with E-state index in [2.05, 4.69) is 19.7 Å². The number of ether oxygens (including phenoxy) is 1. The predicted molar refractivity (Wildman–Crippen MR) is 66.6 cm³/mol. The van der Waals surface area contributed by atoms with Crippen LogP contribution >= 0.6 is 11.6 Å². The summed E-state index contributed by atoms with van der Waals surface area (Å²) in [5.41, 5.74) is 0.0146. The molecule has 0 N–H and O–H groups in total. The zero-order valence-electron chi connectivity index (χ0n) is 10.5. The van der Waals surface area contributed by atoms with E-state index < -0.39 is 22.8 Å². The second-order valence-corrected chi connectivity index (χ2v) is 4.30. The maximum atomic E-state index is 12.8. The van der Waals surface area contributed by atoms with Crippen LogP contribution in [0.1, 0.15) is 11.1 Å². The van der Waals surface area contributed by atoms with Crippen molar-refractivity contribution in [2.45, 2.75) is 13.1 Å². The number of rotatable bonds is 2. The third kappa shape index (κ3) is 2.82. The smallest absolute Gasteiger partial charge is 0.424 e. The molecule has 0 fully saturated rings. The van der Waals surface area contributed by atoms with E-state index in [4.69, 9.17) is 11.6 Å². The monoisotopic (exact) mass is 303 g/mol. The van der Waals surface area contributed by atoms with Crippen LogP contribution in [0.4, 0.5) is 13.2 Å². The zero-order chi connectivity index (χ0) is 14.9. The number of hydrogen-bond acceptors (Lipinski definition) is 4. The molecule has 2 aromatic heterocycles. The number of halogens is 4. The molecule has 0 spiro atoms. The molecule has 0 saturated heterocycles. The van der Waals surface area contributed by atoms with Gasteiger partial charge in [-0.3, -0.25) is 4.98 Å². The Balaban J connectivity index is 2.58. The minimum Gasteiger partial charge on any atom is -0.480 e. The molecule has 0 aliphatic rings. The molecule has 0 aliphatic carbocycles. The highest BCUT2D eigenvalue weighted by atomic mass is 35.5. The molecule has 2 heterocycles. The van der Waals surface area contributed by atoms with Crippen LogP contribution in [0.3, 0.4) is 0 Å². The molecule has 0 atom stereocenters. The molecule has 0 amide bonds. The van der Waals surface area contributed by atoms with Gasteiger partial charge in [-0.15, -0.1) is 0 Å². The van der Waals surface area contributed by atoms with E-state index in [1.807, 2.05) is 6.92 Å². The Kier molecular flexibility index (Phi) is 3.80. The van der Waals surface area contributed by atoms with E-state index in [1.165, 1.54) is 0 Å². The fourth-order valence-electron chi connectivity index (χ4n) is 1.51. The predicted octanol–water partition coefficient (Wildman–Crippen LogP) is 3.53. The Labute approximate surface area is 117 Å². The first-order valence-corrected chi connectivity index (χ1v) is 5.82. The number of methoxy groups -OCH3 is 1. The van der Waals surface area contributed by atoms with Gasteiger partial charge in [-0.2, -0.15) is 18.2 Å². The van der Waals surface area contributed by atoms with Gasteiger partial charge in [0.15, 0.2) is 11.4 Å². The minimum absolute atomic E-state index is 0.0279. The average Bonchev–Trinajstić information content (AvgIpc) is 2.37. The van der Waals surface area contributed by atoms with Crippen molar-refractivity contribution < 1.29 is 17.9 Å². The number of alkyl halides is 3. The van der Waals surface area contributed by atoms with Gasteiger partial charge < -0.3 is 4.74 Å². The second kappa shape index (κ2) is 5.24. The van der Waals surface area contributed by atoms with Gasteiger partial charge in [0.05, 0.1) is 7.11 Å². The lowest BCUT2D eigenvalue weighted by molar-refractivity contribution is -0.139. The number of aromatic nitrogens is 3. The molecule has 2 aromatic rings. The molecule has 0 radical (unpaired) electrons. The van der Waals surface area contributed by atoms with Crippen LogP contribution in [0.5, 0.6) is 5.88 Å². The topological polar surface area (TPSA) is 47.9 Å². The Bertz CT molecular complexity index is 629. The lowest BCUT2D eigenvalue weighted by Gasteiger charge is -2.13. The van der Waals surface area contributed by atoms with Gasteiger partial charge in [-0.05, 0) is 18.6 Å². The molecule has 0 aromatic carbocycles. The van der Waals surface area contributed by atoms with Gasteiger partial charge in [-0.1, -0.05) is 17.7 Å². The molecule has 0 unspecified atom stereocenters. The maximum Gasteiger partial charge on any atom is 0.424 e. The summed E-state index contributed by atoms with van der Waals surface area (Å²) in [4.78, 5) is 11.4.